The zero-order valence-electron chi connectivity index (χ0n) is 23.2. The number of rotatable bonds is 13. The number of imidazole rings is 1. The summed E-state index contributed by atoms with van der Waals surface area (Å²) in [7, 11) is 1.62. The molecule has 0 aliphatic heterocycles. The first-order valence-corrected chi connectivity index (χ1v) is 14.3. The Bertz CT molecular complexity index is 1500. The third kappa shape index (κ3) is 7.57. The zero-order chi connectivity index (χ0) is 29.4. The SMILES string of the molecule is COCCOCCOc1ccc(-c2[nH]c(=O)n([C@H](C(=O)Nc3ccc(I)cc3C)[C@@H](C)c3ccccc3)c2O)cc1. The summed E-state index contributed by atoms with van der Waals surface area (Å²) in [5.74, 6) is -0.551. The minimum absolute atomic E-state index is 0.216. The molecule has 0 saturated heterocycles. The van der Waals surface area contributed by atoms with E-state index in [1.165, 1.54) is 0 Å². The molecule has 0 aliphatic rings. The van der Waals surface area contributed by atoms with E-state index in [-0.39, 0.29) is 11.6 Å². The van der Waals surface area contributed by atoms with Crippen LogP contribution in [0.4, 0.5) is 5.69 Å². The van der Waals surface area contributed by atoms with Crippen molar-refractivity contribution in [2.75, 3.05) is 38.9 Å². The Morgan fingerprint density at radius 2 is 1.73 bits per heavy atom. The normalized spacial score (nSPS) is 12.6. The average molecular weight is 672 g/mol. The van der Waals surface area contributed by atoms with Gasteiger partial charge in [0.2, 0.25) is 11.8 Å². The predicted molar refractivity (Wildman–Crippen MR) is 167 cm³/mol. The third-order valence-corrected chi connectivity index (χ3v) is 7.44. The number of nitrogens with one attached hydrogen (secondary N) is 2. The van der Waals surface area contributed by atoms with Crippen molar-refractivity contribution in [1.82, 2.24) is 9.55 Å². The van der Waals surface area contributed by atoms with Gasteiger partial charge in [-0.05, 0) is 83.1 Å². The number of methoxy groups -OCH3 is 1. The number of aromatic nitrogens is 2. The monoisotopic (exact) mass is 671 g/mol. The van der Waals surface area contributed by atoms with Crippen molar-refractivity contribution in [1.29, 1.82) is 0 Å². The summed E-state index contributed by atoms with van der Waals surface area (Å²) in [6.45, 7) is 5.59. The Labute approximate surface area is 252 Å². The lowest BCUT2D eigenvalue weighted by atomic mass is 9.92. The van der Waals surface area contributed by atoms with Crippen LogP contribution in [-0.2, 0) is 14.3 Å². The number of H-pyrrole nitrogens is 1. The lowest BCUT2D eigenvalue weighted by molar-refractivity contribution is -0.120. The van der Waals surface area contributed by atoms with Crippen LogP contribution >= 0.6 is 22.6 Å². The van der Waals surface area contributed by atoms with Crippen molar-refractivity contribution >= 4 is 34.2 Å². The Morgan fingerprint density at radius 3 is 2.41 bits per heavy atom. The van der Waals surface area contributed by atoms with Crippen molar-refractivity contribution in [3.05, 3.63) is 98.0 Å². The fourth-order valence-corrected chi connectivity index (χ4v) is 5.21. The first kappa shape index (κ1) is 30.4. The lowest BCUT2D eigenvalue weighted by Gasteiger charge is -2.25. The van der Waals surface area contributed by atoms with Crippen LogP contribution in [-0.4, -0.2) is 54.1 Å². The minimum Gasteiger partial charge on any atom is -0.493 e. The van der Waals surface area contributed by atoms with E-state index in [1.54, 1.807) is 31.4 Å². The molecule has 9 nitrogen and oxygen atoms in total. The third-order valence-electron chi connectivity index (χ3n) is 6.77. The van der Waals surface area contributed by atoms with Crippen LogP contribution in [0.5, 0.6) is 11.6 Å². The molecule has 1 amide bonds. The van der Waals surface area contributed by atoms with Gasteiger partial charge in [0.05, 0.1) is 19.8 Å². The van der Waals surface area contributed by atoms with E-state index in [9.17, 15) is 14.7 Å². The molecule has 2 atom stereocenters. The standard InChI is InChI=1S/C31H34IN3O6/c1-20-19-24(32)11-14-26(20)33-29(36)28(21(2)22-7-5-4-6-8-22)35-30(37)27(34-31(35)38)23-9-12-25(13-10-23)41-18-17-40-16-15-39-3/h4-14,19,21,28,37H,15-18H2,1-3H3,(H,33,36)(H,34,38)/t21-,28-/m0/s1. The molecular formula is C31H34IN3O6. The van der Waals surface area contributed by atoms with E-state index in [1.807, 2.05) is 62.4 Å². The Balaban J connectivity index is 1.61. The molecule has 0 fully saturated rings. The Hall–Kier alpha value is -3.61. The van der Waals surface area contributed by atoms with E-state index in [0.29, 0.717) is 43.4 Å². The quantitative estimate of drug-likeness (QED) is 0.128. The number of carbonyl (C=O) groups excluding carboxylic acids is 1. The van der Waals surface area contributed by atoms with Gasteiger partial charge in [0.1, 0.15) is 24.1 Å². The molecule has 1 heterocycles. The van der Waals surface area contributed by atoms with Crippen molar-refractivity contribution in [3.8, 4) is 22.9 Å². The summed E-state index contributed by atoms with van der Waals surface area (Å²) >= 11 is 2.22. The van der Waals surface area contributed by atoms with Gasteiger partial charge in [0.15, 0.2) is 0 Å². The van der Waals surface area contributed by atoms with Gasteiger partial charge in [0.25, 0.3) is 0 Å². The fraction of sp³-hybridized carbons (Fsp3) is 0.290. The number of nitrogens with zero attached hydrogens (tertiary/aromatic N) is 1. The summed E-state index contributed by atoms with van der Waals surface area (Å²) in [4.78, 5) is 29.9. The number of aromatic amines is 1. The van der Waals surface area contributed by atoms with Crippen molar-refractivity contribution in [2.45, 2.75) is 25.8 Å². The van der Waals surface area contributed by atoms with Gasteiger partial charge in [-0.25, -0.2) is 9.36 Å². The number of benzene rings is 3. The van der Waals surface area contributed by atoms with E-state index >= 15 is 0 Å². The average Bonchev–Trinajstić information content (AvgIpc) is 3.26. The van der Waals surface area contributed by atoms with E-state index in [4.69, 9.17) is 14.2 Å². The van der Waals surface area contributed by atoms with Gasteiger partial charge < -0.3 is 29.6 Å². The second-order valence-electron chi connectivity index (χ2n) is 9.57. The second-order valence-corrected chi connectivity index (χ2v) is 10.8. The van der Waals surface area contributed by atoms with Crippen LogP contribution in [0.25, 0.3) is 11.3 Å². The minimum atomic E-state index is -1.03. The molecule has 3 N–H and O–H groups in total. The first-order valence-electron chi connectivity index (χ1n) is 13.3. The number of ether oxygens (including phenoxy) is 3. The molecule has 0 radical (unpaired) electrons. The topological polar surface area (TPSA) is 115 Å². The van der Waals surface area contributed by atoms with Crippen LogP contribution in [0.1, 0.15) is 30.0 Å². The number of aromatic hydroxyl groups is 1. The molecule has 0 saturated carbocycles. The number of carbonyl (C=O) groups is 1. The van der Waals surface area contributed by atoms with Gasteiger partial charge >= 0.3 is 5.69 Å². The number of amides is 1. The molecule has 1 aromatic heterocycles. The van der Waals surface area contributed by atoms with Crippen molar-refractivity contribution in [3.63, 3.8) is 0 Å². The molecule has 0 spiro atoms. The summed E-state index contributed by atoms with van der Waals surface area (Å²) in [5, 5.41) is 14.3. The second kappa shape index (κ2) is 14.3. The maximum atomic E-state index is 13.8. The molecule has 4 rings (SSSR count). The Kier molecular flexibility index (Phi) is 10.6. The molecule has 41 heavy (non-hydrogen) atoms. The maximum Gasteiger partial charge on any atom is 0.329 e. The summed E-state index contributed by atoms with van der Waals surface area (Å²) in [5.41, 5.74) is 2.59. The largest absolute Gasteiger partial charge is 0.493 e. The molecule has 0 aliphatic carbocycles. The van der Waals surface area contributed by atoms with Crippen molar-refractivity contribution < 1.29 is 24.1 Å². The first-order chi connectivity index (χ1) is 19.8. The van der Waals surface area contributed by atoms with Gasteiger partial charge in [-0.2, -0.15) is 0 Å². The molecule has 3 aromatic carbocycles. The van der Waals surface area contributed by atoms with E-state index in [0.717, 1.165) is 19.3 Å². The number of halogens is 1. The van der Waals surface area contributed by atoms with Crippen LogP contribution in [0.2, 0.25) is 0 Å². The number of aryl methyl sites for hydroxylation is 1. The predicted octanol–water partition coefficient (Wildman–Crippen LogP) is 5.49. The highest BCUT2D eigenvalue weighted by Gasteiger charge is 2.33. The summed E-state index contributed by atoms with van der Waals surface area (Å²) in [6, 6.07) is 21.1. The van der Waals surface area contributed by atoms with Crippen LogP contribution < -0.4 is 15.7 Å². The molecule has 4 aromatic rings. The lowest BCUT2D eigenvalue weighted by Crippen LogP contribution is -2.35. The molecular weight excluding hydrogens is 637 g/mol. The molecule has 0 bridgehead atoms. The van der Waals surface area contributed by atoms with Gasteiger partial charge in [0, 0.05) is 27.8 Å². The van der Waals surface area contributed by atoms with Crippen molar-refractivity contribution in [2.24, 2.45) is 0 Å². The molecule has 0 unspecified atom stereocenters. The highest BCUT2D eigenvalue weighted by Crippen LogP contribution is 2.36. The van der Waals surface area contributed by atoms with Gasteiger partial charge in [-0.1, -0.05) is 37.3 Å². The molecule has 216 valence electrons. The zero-order valence-corrected chi connectivity index (χ0v) is 25.4. The maximum absolute atomic E-state index is 13.8. The Morgan fingerprint density at radius 1 is 1.02 bits per heavy atom. The summed E-state index contributed by atoms with van der Waals surface area (Å²) in [6.07, 6.45) is 0. The van der Waals surface area contributed by atoms with Gasteiger partial charge in [-0.15, -0.1) is 0 Å². The number of anilines is 1. The smallest absolute Gasteiger partial charge is 0.329 e. The van der Waals surface area contributed by atoms with Crippen LogP contribution in [0, 0.1) is 10.5 Å². The highest BCUT2D eigenvalue weighted by atomic mass is 127. The number of hydrogen-bond donors (Lipinski definition) is 3. The van der Waals surface area contributed by atoms with E-state index < -0.39 is 23.6 Å². The highest BCUT2D eigenvalue weighted by molar-refractivity contribution is 14.1. The van der Waals surface area contributed by atoms with Gasteiger partial charge in [-0.3, -0.25) is 4.79 Å². The van der Waals surface area contributed by atoms with E-state index in [2.05, 4.69) is 32.9 Å². The van der Waals surface area contributed by atoms with Crippen LogP contribution in [0.3, 0.4) is 0 Å². The number of hydrogen-bond acceptors (Lipinski definition) is 6. The fourth-order valence-electron chi connectivity index (χ4n) is 4.56. The molecule has 10 heteroatoms. The van der Waals surface area contributed by atoms with Crippen LogP contribution in [0.15, 0.2) is 77.6 Å². The summed E-state index contributed by atoms with van der Waals surface area (Å²) < 4.78 is 18.2.